The number of hydrogen-bond acceptors (Lipinski definition) is 0. The fraction of sp³-hybridized carbons (Fsp3) is 0.333. The standard InChI is InChI=1S/C10H10BrN.C2H6/c1-2-7-6-12-10-5-8(11)3-4-9(7)10;1-2/h3-6,12H,2H2,1H3;1-2H3. The lowest BCUT2D eigenvalue weighted by Crippen LogP contribution is -1.74. The van der Waals surface area contributed by atoms with Crippen LogP contribution in [0, 0.1) is 0 Å². The van der Waals surface area contributed by atoms with E-state index in [0.717, 1.165) is 10.9 Å². The lowest BCUT2D eigenvalue weighted by molar-refractivity contribution is 1.15. The summed E-state index contributed by atoms with van der Waals surface area (Å²) in [6.45, 7) is 6.17. The molecule has 1 aromatic heterocycles. The van der Waals surface area contributed by atoms with Crippen molar-refractivity contribution < 1.29 is 0 Å². The van der Waals surface area contributed by atoms with Gasteiger partial charge in [-0.1, -0.05) is 42.8 Å². The van der Waals surface area contributed by atoms with Crippen LogP contribution in [0.3, 0.4) is 0 Å². The maximum atomic E-state index is 3.44. The van der Waals surface area contributed by atoms with Crippen LogP contribution in [0.15, 0.2) is 28.9 Å². The van der Waals surface area contributed by atoms with E-state index < -0.39 is 0 Å². The van der Waals surface area contributed by atoms with Crippen molar-refractivity contribution in [3.63, 3.8) is 0 Å². The van der Waals surface area contributed by atoms with Crippen LogP contribution in [-0.2, 0) is 6.42 Å². The minimum Gasteiger partial charge on any atom is -0.361 e. The van der Waals surface area contributed by atoms with Gasteiger partial charge < -0.3 is 4.98 Å². The zero-order valence-corrected chi connectivity index (χ0v) is 10.5. The SMILES string of the molecule is CC.CCc1c[nH]c2cc(Br)ccc12. The van der Waals surface area contributed by atoms with Gasteiger partial charge in [0.2, 0.25) is 0 Å². The Balaban J connectivity index is 0.000000461. The van der Waals surface area contributed by atoms with Crippen LogP contribution in [0.1, 0.15) is 26.3 Å². The van der Waals surface area contributed by atoms with Crippen molar-refractivity contribution >= 4 is 26.8 Å². The lowest BCUT2D eigenvalue weighted by Gasteiger charge is -1.93. The summed E-state index contributed by atoms with van der Waals surface area (Å²) in [5, 5.41) is 1.33. The molecule has 0 aliphatic rings. The third-order valence-electron chi connectivity index (χ3n) is 2.11. The minimum absolute atomic E-state index is 1.08. The van der Waals surface area contributed by atoms with E-state index >= 15 is 0 Å². The summed E-state index contributed by atoms with van der Waals surface area (Å²) in [4.78, 5) is 3.25. The molecule has 0 aliphatic heterocycles. The summed E-state index contributed by atoms with van der Waals surface area (Å²) in [5.41, 5.74) is 2.60. The smallest absolute Gasteiger partial charge is 0.0468 e. The summed E-state index contributed by atoms with van der Waals surface area (Å²) < 4.78 is 1.12. The van der Waals surface area contributed by atoms with Gasteiger partial charge in [0.1, 0.15) is 0 Å². The molecule has 0 radical (unpaired) electrons. The van der Waals surface area contributed by atoms with E-state index in [1.165, 1.54) is 16.5 Å². The van der Waals surface area contributed by atoms with Gasteiger partial charge in [-0.25, -0.2) is 0 Å². The van der Waals surface area contributed by atoms with E-state index in [2.05, 4.69) is 52.2 Å². The Bertz CT molecular complexity index is 404. The molecule has 0 unspecified atom stereocenters. The largest absolute Gasteiger partial charge is 0.361 e. The van der Waals surface area contributed by atoms with Gasteiger partial charge in [-0.2, -0.15) is 0 Å². The molecule has 0 atom stereocenters. The van der Waals surface area contributed by atoms with E-state index in [4.69, 9.17) is 0 Å². The molecule has 0 fully saturated rings. The molecule has 2 rings (SSSR count). The van der Waals surface area contributed by atoms with Crippen molar-refractivity contribution in [2.45, 2.75) is 27.2 Å². The summed E-state index contributed by atoms with van der Waals surface area (Å²) >= 11 is 3.44. The molecule has 1 aromatic carbocycles. The third kappa shape index (κ3) is 2.18. The number of H-pyrrole nitrogens is 1. The number of rotatable bonds is 1. The number of fused-ring (bicyclic) bond motifs is 1. The van der Waals surface area contributed by atoms with E-state index in [1.807, 2.05) is 13.8 Å². The first-order valence-corrected chi connectivity index (χ1v) is 5.86. The first-order valence-electron chi connectivity index (χ1n) is 5.07. The third-order valence-corrected chi connectivity index (χ3v) is 2.60. The van der Waals surface area contributed by atoms with Crippen molar-refractivity contribution in [1.29, 1.82) is 0 Å². The highest BCUT2D eigenvalue weighted by molar-refractivity contribution is 9.10. The molecule has 2 aromatic rings. The summed E-state index contributed by atoms with van der Waals surface area (Å²) in [6, 6.07) is 6.33. The van der Waals surface area contributed by atoms with Crippen molar-refractivity contribution in [3.05, 3.63) is 34.4 Å². The second-order valence-electron chi connectivity index (χ2n) is 2.86. The number of benzene rings is 1. The van der Waals surface area contributed by atoms with Gasteiger partial charge in [-0.3, -0.25) is 0 Å². The van der Waals surface area contributed by atoms with Crippen molar-refractivity contribution in [3.8, 4) is 0 Å². The number of halogens is 1. The Morgan fingerprint density at radius 3 is 2.64 bits per heavy atom. The van der Waals surface area contributed by atoms with Crippen LogP contribution in [-0.4, -0.2) is 4.98 Å². The lowest BCUT2D eigenvalue weighted by atomic mass is 10.1. The number of aromatic amines is 1. The van der Waals surface area contributed by atoms with Crippen LogP contribution in [0.5, 0.6) is 0 Å². The minimum atomic E-state index is 1.08. The molecule has 1 N–H and O–H groups in total. The predicted molar refractivity (Wildman–Crippen MR) is 66.7 cm³/mol. The Morgan fingerprint density at radius 1 is 1.29 bits per heavy atom. The summed E-state index contributed by atoms with van der Waals surface area (Å²) in [5.74, 6) is 0. The van der Waals surface area contributed by atoms with Crippen LogP contribution in [0.25, 0.3) is 10.9 Å². The van der Waals surface area contributed by atoms with E-state index in [-0.39, 0.29) is 0 Å². The van der Waals surface area contributed by atoms with Gasteiger partial charge >= 0.3 is 0 Å². The zero-order valence-electron chi connectivity index (χ0n) is 8.89. The zero-order chi connectivity index (χ0) is 10.6. The molecule has 1 heterocycles. The van der Waals surface area contributed by atoms with Crippen LogP contribution in [0.4, 0.5) is 0 Å². The second kappa shape index (κ2) is 5.20. The van der Waals surface area contributed by atoms with Crippen LogP contribution >= 0.6 is 15.9 Å². The van der Waals surface area contributed by atoms with Crippen LogP contribution in [0.2, 0.25) is 0 Å². The molecule has 0 aliphatic carbocycles. The second-order valence-corrected chi connectivity index (χ2v) is 3.77. The molecule has 0 saturated heterocycles. The Hall–Kier alpha value is -0.760. The van der Waals surface area contributed by atoms with Gasteiger partial charge in [0.25, 0.3) is 0 Å². The fourth-order valence-electron chi connectivity index (χ4n) is 1.45. The monoisotopic (exact) mass is 253 g/mol. The Kier molecular flexibility index (Phi) is 4.21. The van der Waals surface area contributed by atoms with E-state index in [1.54, 1.807) is 0 Å². The molecule has 76 valence electrons. The highest BCUT2D eigenvalue weighted by Crippen LogP contribution is 2.22. The average Bonchev–Trinajstić information content (AvgIpc) is 2.62. The first-order chi connectivity index (χ1) is 6.81. The summed E-state index contributed by atoms with van der Waals surface area (Å²) in [7, 11) is 0. The fourth-order valence-corrected chi connectivity index (χ4v) is 1.81. The van der Waals surface area contributed by atoms with Crippen molar-refractivity contribution in [1.82, 2.24) is 4.98 Å². The topological polar surface area (TPSA) is 15.8 Å². The van der Waals surface area contributed by atoms with Gasteiger partial charge in [0.15, 0.2) is 0 Å². The highest BCUT2D eigenvalue weighted by Gasteiger charge is 2.00. The Labute approximate surface area is 93.7 Å². The molecule has 0 spiro atoms. The van der Waals surface area contributed by atoms with Gasteiger partial charge in [0.05, 0.1) is 0 Å². The Morgan fingerprint density at radius 2 is 2.00 bits per heavy atom. The maximum absolute atomic E-state index is 3.44. The number of aryl methyl sites for hydroxylation is 1. The normalized spacial score (nSPS) is 9.71. The molecule has 0 bridgehead atoms. The quantitative estimate of drug-likeness (QED) is 0.770. The molecular formula is C12H16BrN. The number of hydrogen-bond donors (Lipinski definition) is 1. The average molecular weight is 254 g/mol. The van der Waals surface area contributed by atoms with Gasteiger partial charge in [-0.15, -0.1) is 0 Å². The highest BCUT2D eigenvalue weighted by atomic mass is 79.9. The number of nitrogens with one attached hydrogen (secondary N) is 1. The molecule has 1 nitrogen and oxygen atoms in total. The maximum Gasteiger partial charge on any atom is 0.0468 e. The predicted octanol–water partition coefficient (Wildman–Crippen LogP) is 4.52. The summed E-state index contributed by atoms with van der Waals surface area (Å²) in [6.07, 6.45) is 3.17. The van der Waals surface area contributed by atoms with Crippen LogP contribution < -0.4 is 0 Å². The molecular weight excluding hydrogens is 238 g/mol. The number of aromatic nitrogens is 1. The van der Waals surface area contributed by atoms with Crippen molar-refractivity contribution in [2.24, 2.45) is 0 Å². The van der Waals surface area contributed by atoms with E-state index in [9.17, 15) is 0 Å². The molecule has 0 saturated carbocycles. The van der Waals surface area contributed by atoms with Gasteiger partial charge in [-0.05, 0) is 24.1 Å². The molecule has 0 amide bonds. The molecule has 14 heavy (non-hydrogen) atoms. The first kappa shape index (κ1) is 11.3. The van der Waals surface area contributed by atoms with Crippen molar-refractivity contribution in [2.75, 3.05) is 0 Å². The van der Waals surface area contributed by atoms with Gasteiger partial charge in [0, 0.05) is 21.6 Å². The van der Waals surface area contributed by atoms with E-state index in [0.29, 0.717) is 0 Å². The molecule has 2 heteroatoms.